The van der Waals surface area contributed by atoms with Crippen molar-refractivity contribution in [3.63, 3.8) is 0 Å². The number of fused-ring (bicyclic) bond motifs is 1. The molecule has 1 aromatic heterocycles. The second-order valence-corrected chi connectivity index (χ2v) is 8.63. The SMILES string of the molecule is COc1ccc(/C=N/NC(=O)c2sc3ccccc3c2Cl)cc1COc1c(F)c(F)c(F)c(F)c1F. The molecule has 1 amide bonds. The first-order valence-electron chi connectivity index (χ1n) is 10.0. The highest BCUT2D eigenvalue weighted by Crippen LogP contribution is 2.35. The van der Waals surface area contributed by atoms with Crippen LogP contribution < -0.4 is 14.9 Å². The second kappa shape index (κ2) is 10.5. The molecule has 0 fully saturated rings. The minimum absolute atomic E-state index is 0.212. The molecule has 0 unspecified atom stereocenters. The quantitative estimate of drug-likeness (QED) is 0.0944. The Hall–Kier alpha value is -3.70. The summed E-state index contributed by atoms with van der Waals surface area (Å²) in [5, 5.41) is 4.93. The number of ether oxygens (including phenoxy) is 2. The summed E-state index contributed by atoms with van der Waals surface area (Å²) in [7, 11) is 1.32. The monoisotopic (exact) mass is 540 g/mol. The number of benzene rings is 3. The van der Waals surface area contributed by atoms with E-state index in [9.17, 15) is 26.7 Å². The molecule has 12 heteroatoms. The number of hydrazone groups is 1. The lowest BCUT2D eigenvalue weighted by molar-refractivity contribution is 0.0959. The lowest BCUT2D eigenvalue weighted by Crippen LogP contribution is -2.16. The molecule has 186 valence electrons. The molecule has 1 N–H and O–H groups in total. The zero-order valence-corrected chi connectivity index (χ0v) is 19.7. The fourth-order valence-corrected chi connectivity index (χ4v) is 4.64. The van der Waals surface area contributed by atoms with Crippen molar-refractivity contribution in [2.75, 3.05) is 7.11 Å². The van der Waals surface area contributed by atoms with Crippen LogP contribution in [0.5, 0.6) is 11.5 Å². The molecule has 0 spiro atoms. The smallest absolute Gasteiger partial charge is 0.283 e. The van der Waals surface area contributed by atoms with Crippen LogP contribution in [-0.2, 0) is 6.61 Å². The van der Waals surface area contributed by atoms with E-state index in [2.05, 4.69) is 10.5 Å². The summed E-state index contributed by atoms with van der Waals surface area (Å²) >= 11 is 7.49. The van der Waals surface area contributed by atoms with Crippen LogP contribution in [-0.4, -0.2) is 19.2 Å². The summed E-state index contributed by atoms with van der Waals surface area (Å²) in [5.41, 5.74) is 2.99. The lowest BCUT2D eigenvalue weighted by atomic mass is 10.1. The zero-order chi connectivity index (χ0) is 26.0. The summed E-state index contributed by atoms with van der Waals surface area (Å²) < 4.78 is 78.8. The lowest BCUT2D eigenvalue weighted by Gasteiger charge is -2.13. The van der Waals surface area contributed by atoms with Crippen molar-refractivity contribution in [2.45, 2.75) is 6.61 Å². The predicted octanol–water partition coefficient (Wildman–Crippen LogP) is 6.60. The summed E-state index contributed by atoms with van der Waals surface area (Å²) in [6.45, 7) is -0.590. The van der Waals surface area contributed by atoms with Gasteiger partial charge in [0.2, 0.25) is 29.1 Å². The molecule has 5 nitrogen and oxygen atoms in total. The van der Waals surface area contributed by atoms with E-state index in [4.69, 9.17) is 21.1 Å². The molecule has 0 radical (unpaired) electrons. The van der Waals surface area contributed by atoms with E-state index in [0.717, 1.165) is 10.1 Å². The number of halogens is 6. The van der Waals surface area contributed by atoms with Gasteiger partial charge in [-0.2, -0.15) is 13.9 Å². The van der Waals surface area contributed by atoms with Gasteiger partial charge < -0.3 is 9.47 Å². The molecule has 0 aliphatic rings. The van der Waals surface area contributed by atoms with Crippen LogP contribution in [0.4, 0.5) is 22.0 Å². The average Bonchev–Trinajstić information content (AvgIpc) is 3.23. The Labute approximate surface area is 209 Å². The topological polar surface area (TPSA) is 59.9 Å². The van der Waals surface area contributed by atoms with Gasteiger partial charge in [0, 0.05) is 15.6 Å². The highest BCUT2D eigenvalue weighted by molar-refractivity contribution is 7.21. The molecule has 0 saturated heterocycles. The number of thiophene rings is 1. The molecule has 4 rings (SSSR count). The van der Waals surface area contributed by atoms with E-state index < -0.39 is 47.3 Å². The third-order valence-corrected chi connectivity index (χ3v) is 6.64. The summed E-state index contributed by atoms with van der Waals surface area (Å²) in [5.74, 6) is -12.4. The standard InChI is InChI=1S/C24H14ClF5N2O3S/c1-34-14-7-6-11(8-12(14)10-35-22-20(29)18(27)17(26)19(28)21(22)30)9-31-32-24(33)23-16(25)13-4-2-3-5-15(13)36-23/h2-9H,10H2,1H3,(H,32,33)/b31-9+. The Morgan fingerprint density at radius 1 is 1.03 bits per heavy atom. The van der Waals surface area contributed by atoms with Gasteiger partial charge in [-0.15, -0.1) is 11.3 Å². The summed E-state index contributed by atoms with van der Waals surface area (Å²) in [6.07, 6.45) is 1.28. The number of nitrogens with one attached hydrogen (secondary N) is 1. The number of hydrogen-bond donors (Lipinski definition) is 1. The van der Waals surface area contributed by atoms with Crippen molar-refractivity contribution in [2.24, 2.45) is 5.10 Å². The Morgan fingerprint density at radius 2 is 1.69 bits per heavy atom. The maximum Gasteiger partial charge on any atom is 0.283 e. The minimum Gasteiger partial charge on any atom is -0.496 e. The zero-order valence-electron chi connectivity index (χ0n) is 18.2. The number of hydrogen-bond acceptors (Lipinski definition) is 5. The number of amides is 1. The predicted molar refractivity (Wildman–Crippen MR) is 125 cm³/mol. The van der Waals surface area contributed by atoms with Gasteiger partial charge >= 0.3 is 0 Å². The van der Waals surface area contributed by atoms with Crippen LogP contribution in [0.1, 0.15) is 20.8 Å². The number of rotatable bonds is 7. The van der Waals surface area contributed by atoms with Crippen LogP contribution in [0.2, 0.25) is 5.02 Å². The Kier molecular flexibility index (Phi) is 7.41. The Bertz CT molecular complexity index is 1480. The van der Waals surface area contributed by atoms with Crippen molar-refractivity contribution in [3.05, 3.63) is 92.6 Å². The van der Waals surface area contributed by atoms with Crippen molar-refractivity contribution in [3.8, 4) is 11.5 Å². The molecule has 3 aromatic carbocycles. The van der Waals surface area contributed by atoms with Crippen molar-refractivity contribution >= 4 is 45.1 Å². The molecule has 0 aliphatic heterocycles. The summed E-state index contributed by atoms with van der Waals surface area (Å²) in [4.78, 5) is 12.8. The van der Waals surface area contributed by atoms with E-state index in [1.165, 1.54) is 36.8 Å². The van der Waals surface area contributed by atoms with Gasteiger partial charge in [-0.05, 0) is 29.8 Å². The van der Waals surface area contributed by atoms with Crippen LogP contribution in [0.15, 0.2) is 47.6 Å². The first-order chi connectivity index (χ1) is 17.2. The van der Waals surface area contributed by atoms with Gasteiger partial charge in [-0.1, -0.05) is 29.8 Å². The molecule has 0 aliphatic carbocycles. The number of carbonyl (C=O) groups excluding carboxylic acids is 1. The number of nitrogens with zero attached hydrogens (tertiary/aromatic N) is 1. The van der Waals surface area contributed by atoms with E-state index in [-0.39, 0.29) is 16.2 Å². The fraction of sp³-hybridized carbons (Fsp3) is 0.0833. The van der Waals surface area contributed by atoms with Gasteiger partial charge in [-0.25, -0.2) is 18.6 Å². The van der Waals surface area contributed by atoms with Gasteiger partial charge in [0.25, 0.3) is 5.91 Å². The molecule has 0 bridgehead atoms. The molecule has 36 heavy (non-hydrogen) atoms. The summed E-state index contributed by atoms with van der Waals surface area (Å²) in [6, 6.07) is 11.7. The van der Waals surface area contributed by atoms with Crippen molar-refractivity contribution in [1.82, 2.24) is 5.43 Å². The second-order valence-electron chi connectivity index (χ2n) is 7.20. The van der Waals surface area contributed by atoms with Gasteiger partial charge in [0.1, 0.15) is 17.2 Å². The molecular weight excluding hydrogens is 527 g/mol. The first-order valence-corrected chi connectivity index (χ1v) is 11.2. The highest BCUT2D eigenvalue weighted by Gasteiger charge is 2.27. The van der Waals surface area contributed by atoms with Crippen LogP contribution in [0.25, 0.3) is 10.1 Å². The third-order valence-electron chi connectivity index (χ3n) is 4.97. The maximum absolute atomic E-state index is 13.9. The van der Waals surface area contributed by atoms with Gasteiger partial charge in [-0.3, -0.25) is 4.79 Å². The molecule has 1 heterocycles. The molecular formula is C24H14ClF5N2O3S. The highest BCUT2D eigenvalue weighted by atomic mass is 35.5. The van der Waals surface area contributed by atoms with Crippen LogP contribution >= 0.6 is 22.9 Å². The largest absolute Gasteiger partial charge is 0.496 e. The third kappa shape index (κ3) is 4.84. The van der Waals surface area contributed by atoms with Crippen LogP contribution in [0.3, 0.4) is 0 Å². The van der Waals surface area contributed by atoms with E-state index in [1.807, 2.05) is 12.1 Å². The van der Waals surface area contributed by atoms with Gasteiger partial charge in [0.05, 0.1) is 18.3 Å². The van der Waals surface area contributed by atoms with E-state index in [0.29, 0.717) is 10.6 Å². The van der Waals surface area contributed by atoms with Crippen molar-refractivity contribution < 1.29 is 36.2 Å². The van der Waals surface area contributed by atoms with Crippen LogP contribution in [0, 0.1) is 29.1 Å². The van der Waals surface area contributed by atoms with E-state index >= 15 is 0 Å². The van der Waals surface area contributed by atoms with Crippen molar-refractivity contribution in [1.29, 1.82) is 0 Å². The van der Waals surface area contributed by atoms with Gasteiger partial charge in [0.15, 0.2) is 5.75 Å². The van der Waals surface area contributed by atoms with E-state index in [1.54, 1.807) is 18.2 Å². The Morgan fingerprint density at radius 3 is 2.36 bits per heavy atom. The fourth-order valence-electron chi connectivity index (χ4n) is 3.23. The average molecular weight is 541 g/mol. The molecule has 0 saturated carbocycles. The number of methoxy groups -OCH3 is 1. The normalized spacial score (nSPS) is 11.3. The maximum atomic E-state index is 13.9. The molecule has 4 aromatic rings. The Balaban J connectivity index is 1.51. The minimum atomic E-state index is -2.29. The number of carbonyl (C=O) groups is 1. The first kappa shape index (κ1) is 25.4. The molecule has 0 atom stereocenters.